The number of aryl methyl sites for hydroxylation is 1. The van der Waals surface area contributed by atoms with E-state index in [4.69, 9.17) is 4.74 Å². The second-order valence-corrected chi connectivity index (χ2v) is 6.44. The van der Waals surface area contributed by atoms with Crippen molar-refractivity contribution in [2.45, 2.75) is 26.4 Å². The molecule has 0 saturated heterocycles. The van der Waals surface area contributed by atoms with Crippen LogP contribution in [0.15, 0.2) is 48.8 Å². The third-order valence-corrected chi connectivity index (χ3v) is 4.15. The molecule has 2 aromatic heterocycles. The van der Waals surface area contributed by atoms with Crippen molar-refractivity contribution in [3.63, 3.8) is 0 Å². The highest BCUT2D eigenvalue weighted by Gasteiger charge is 2.12. The van der Waals surface area contributed by atoms with Gasteiger partial charge in [0, 0.05) is 61.9 Å². The maximum absolute atomic E-state index is 10.8. The van der Waals surface area contributed by atoms with E-state index in [2.05, 4.69) is 22.3 Å². The minimum atomic E-state index is -0.405. The molecule has 0 fully saturated rings. The van der Waals surface area contributed by atoms with Crippen LogP contribution in [-0.2, 0) is 20.1 Å². The summed E-state index contributed by atoms with van der Waals surface area (Å²) in [4.78, 5) is 14.7. The Morgan fingerprint density at radius 2 is 1.96 bits per heavy atom. The van der Waals surface area contributed by atoms with E-state index in [0.29, 0.717) is 25.6 Å². The van der Waals surface area contributed by atoms with Crippen LogP contribution in [0.2, 0.25) is 0 Å². The fraction of sp³-hybridized carbons (Fsp3) is 0.300. The second kappa shape index (κ2) is 9.09. The minimum absolute atomic E-state index is 0.0678. The van der Waals surface area contributed by atoms with Gasteiger partial charge < -0.3 is 10.1 Å². The number of rotatable bonds is 9. The van der Waals surface area contributed by atoms with E-state index >= 15 is 0 Å². The number of benzene rings is 1. The van der Waals surface area contributed by atoms with Crippen LogP contribution in [-0.4, -0.2) is 26.3 Å². The van der Waals surface area contributed by atoms with Gasteiger partial charge >= 0.3 is 0 Å². The molecule has 0 spiro atoms. The molecule has 2 heterocycles. The molecular weight excluding hydrogens is 358 g/mol. The molecule has 0 saturated carbocycles. The molecule has 8 heteroatoms. The number of aromatic nitrogens is 3. The smallest absolute Gasteiger partial charge is 0.269 e. The van der Waals surface area contributed by atoms with Crippen LogP contribution < -0.4 is 10.1 Å². The molecular formula is C20H23N5O3. The van der Waals surface area contributed by atoms with Gasteiger partial charge in [0.15, 0.2) is 0 Å². The Balaban J connectivity index is 1.63. The zero-order chi connectivity index (χ0) is 19.9. The average Bonchev–Trinajstić information content (AvgIpc) is 3.08. The van der Waals surface area contributed by atoms with E-state index < -0.39 is 4.92 Å². The molecule has 146 valence electrons. The summed E-state index contributed by atoms with van der Waals surface area (Å²) in [5.41, 5.74) is 3.81. The van der Waals surface area contributed by atoms with Crippen molar-refractivity contribution in [2.24, 2.45) is 7.05 Å². The number of hydrogen-bond donors (Lipinski definition) is 1. The molecule has 0 amide bonds. The van der Waals surface area contributed by atoms with Crippen LogP contribution in [0, 0.1) is 10.1 Å². The van der Waals surface area contributed by atoms with E-state index in [0.717, 1.165) is 28.8 Å². The quantitative estimate of drug-likeness (QED) is 0.450. The number of ether oxygens (including phenoxy) is 1. The molecule has 0 atom stereocenters. The highest BCUT2D eigenvalue weighted by molar-refractivity contribution is 5.64. The molecule has 0 aliphatic heterocycles. The van der Waals surface area contributed by atoms with Crippen LogP contribution in [0.3, 0.4) is 0 Å². The molecule has 0 aliphatic carbocycles. The van der Waals surface area contributed by atoms with Gasteiger partial charge in [0.2, 0.25) is 5.88 Å². The summed E-state index contributed by atoms with van der Waals surface area (Å²) in [6.07, 6.45) is 4.70. The molecule has 3 aromatic rings. The van der Waals surface area contributed by atoms with Gasteiger partial charge in [-0.1, -0.05) is 13.0 Å². The normalized spacial score (nSPS) is 10.8. The average molecular weight is 381 g/mol. The number of nitro benzene ring substituents is 1. The predicted molar refractivity (Wildman–Crippen MR) is 106 cm³/mol. The van der Waals surface area contributed by atoms with Gasteiger partial charge in [0.05, 0.1) is 17.2 Å². The first kappa shape index (κ1) is 19.5. The lowest BCUT2D eigenvalue weighted by atomic mass is 10.1. The van der Waals surface area contributed by atoms with E-state index in [1.165, 1.54) is 12.1 Å². The van der Waals surface area contributed by atoms with Crippen molar-refractivity contribution in [3.05, 3.63) is 70.0 Å². The highest BCUT2D eigenvalue weighted by atomic mass is 16.6. The lowest BCUT2D eigenvalue weighted by Gasteiger charge is -2.07. The molecule has 8 nitrogen and oxygen atoms in total. The first-order valence-corrected chi connectivity index (χ1v) is 9.12. The predicted octanol–water partition coefficient (Wildman–Crippen LogP) is 3.47. The fourth-order valence-corrected chi connectivity index (χ4v) is 2.80. The molecule has 1 N–H and O–H groups in total. The molecule has 0 radical (unpaired) electrons. The summed E-state index contributed by atoms with van der Waals surface area (Å²) in [6.45, 7) is 4.00. The Kier molecular flexibility index (Phi) is 6.33. The van der Waals surface area contributed by atoms with Crippen molar-refractivity contribution in [2.75, 3.05) is 6.61 Å². The third-order valence-electron chi connectivity index (χ3n) is 4.15. The topological polar surface area (TPSA) is 95.1 Å². The van der Waals surface area contributed by atoms with Gasteiger partial charge in [-0.15, -0.1) is 0 Å². The maximum Gasteiger partial charge on any atom is 0.269 e. The van der Waals surface area contributed by atoms with Gasteiger partial charge in [-0.05, 0) is 24.1 Å². The number of hydrogen-bond acceptors (Lipinski definition) is 6. The molecule has 0 unspecified atom stereocenters. The minimum Gasteiger partial charge on any atom is -0.478 e. The monoisotopic (exact) mass is 381 g/mol. The van der Waals surface area contributed by atoms with Crippen molar-refractivity contribution in [1.82, 2.24) is 20.1 Å². The van der Waals surface area contributed by atoms with E-state index in [1.807, 2.05) is 25.4 Å². The standard InChI is InChI=1S/C20H23N5O3/c1-3-10-28-19-9-4-15(12-22-19)11-21-13-17-14-24(2)23-20(17)16-5-7-18(8-6-16)25(26)27/h4-9,12,14,21H,3,10-11,13H2,1-2H3. The molecule has 3 rings (SSSR count). The van der Waals surface area contributed by atoms with Gasteiger partial charge in [-0.2, -0.15) is 5.10 Å². The van der Waals surface area contributed by atoms with Crippen LogP contribution in [0.4, 0.5) is 5.69 Å². The van der Waals surface area contributed by atoms with Crippen molar-refractivity contribution in [1.29, 1.82) is 0 Å². The van der Waals surface area contributed by atoms with E-state index in [9.17, 15) is 10.1 Å². The molecule has 1 aromatic carbocycles. The first-order valence-electron chi connectivity index (χ1n) is 9.12. The number of nitro groups is 1. The highest BCUT2D eigenvalue weighted by Crippen LogP contribution is 2.24. The number of nitrogens with zero attached hydrogens (tertiary/aromatic N) is 4. The van der Waals surface area contributed by atoms with Crippen molar-refractivity contribution >= 4 is 5.69 Å². The number of nitrogens with one attached hydrogen (secondary N) is 1. The largest absolute Gasteiger partial charge is 0.478 e. The van der Waals surface area contributed by atoms with Crippen LogP contribution in [0.25, 0.3) is 11.3 Å². The number of non-ortho nitro benzene ring substituents is 1. The van der Waals surface area contributed by atoms with Crippen LogP contribution in [0.5, 0.6) is 5.88 Å². The molecule has 0 bridgehead atoms. The van der Waals surface area contributed by atoms with Gasteiger partial charge in [0.1, 0.15) is 0 Å². The maximum atomic E-state index is 10.8. The Morgan fingerprint density at radius 1 is 1.18 bits per heavy atom. The summed E-state index contributed by atoms with van der Waals surface area (Å²) >= 11 is 0. The Bertz CT molecular complexity index is 920. The zero-order valence-corrected chi connectivity index (χ0v) is 16.0. The Hall–Kier alpha value is -3.26. The van der Waals surface area contributed by atoms with Crippen LogP contribution in [0.1, 0.15) is 24.5 Å². The van der Waals surface area contributed by atoms with Gasteiger partial charge in [0.25, 0.3) is 5.69 Å². The summed E-state index contributed by atoms with van der Waals surface area (Å²) in [5, 5.41) is 18.7. The van der Waals surface area contributed by atoms with Crippen molar-refractivity contribution in [3.8, 4) is 17.1 Å². The fourth-order valence-electron chi connectivity index (χ4n) is 2.80. The lowest BCUT2D eigenvalue weighted by Crippen LogP contribution is -2.13. The second-order valence-electron chi connectivity index (χ2n) is 6.44. The van der Waals surface area contributed by atoms with Crippen LogP contribution >= 0.6 is 0 Å². The SMILES string of the molecule is CCCOc1ccc(CNCc2cn(C)nc2-c2ccc([N+](=O)[O-])cc2)cn1. The van der Waals surface area contributed by atoms with E-state index in [-0.39, 0.29) is 5.69 Å². The summed E-state index contributed by atoms with van der Waals surface area (Å²) < 4.78 is 7.24. The van der Waals surface area contributed by atoms with E-state index in [1.54, 1.807) is 23.0 Å². The lowest BCUT2D eigenvalue weighted by molar-refractivity contribution is -0.384. The van der Waals surface area contributed by atoms with Gasteiger partial charge in [-0.25, -0.2) is 4.98 Å². The number of pyridine rings is 1. The Morgan fingerprint density at radius 3 is 2.61 bits per heavy atom. The third kappa shape index (κ3) is 4.92. The van der Waals surface area contributed by atoms with Gasteiger partial charge in [-0.3, -0.25) is 14.8 Å². The molecule has 0 aliphatic rings. The first-order chi connectivity index (χ1) is 13.6. The summed E-state index contributed by atoms with van der Waals surface area (Å²) in [6, 6.07) is 10.3. The Labute approximate surface area is 163 Å². The zero-order valence-electron chi connectivity index (χ0n) is 16.0. The summed E-state index contributed by atoms with van der Waals surface area (Å²) in [5.74, 6) is 0.637. The summed E-state index contributed by atoms with van der Waals surface area (Å²) in [7, 11) is 1.86. The van der Waals surface area contributed by atoms with Crippen molar-refractivity contribution < 1.29 is 9.66 Å². The molecule has 28 heavy (non-hydrogen) atoms.